The maximum absolute atomic E-state index is 11.1. The van der Waals surface area contributed by atoms with Crippen molar-refractivity contribution < 1.29 is 4.79 Å². The van der Waals surface area contributed by atoms with Crippen LogP contribution in [0.15, 0.2) is 0 Å². The van der Waals surface area contributed by atoms with E-state index in [1.54, 1.807) is 6.92 Å². The quantitative estimate of drug-likeness (QED) is 0.484. The molecule has 0 aliphatic heterocycles. The fourth-order valence-electron chi connectivity index (χ4n) is 0.837. The summed E-state index contributed by atoms with van der Waals surface area (Å²) in [6.07, 6.45) is 1.98. The van der Waals surface area contributed by atoms with Crippen LogP contribution in [0.3, 0.4) is 0 Å². The molecule has 0 aromatic heterocycles. The monoisotopic (exact) mass is 182 g/mol. The molecular weight excluding hydrogens is 164 g/mol. The van der Waals surface area contributed by atoms with Crippen LogP contribution in [0, 0.1) is 11.8 Å². The molecule has 0 spiro atoms. The van der Waals surface area contributed by atoms with Crippen molar-refractivity contribution in [1.82, 2.24) is 5.32 Å². The van der Waals surface area contributed by atoms with Crippen molar-refractivity contribution >= 4 is 5.91 Å². The Morgan fingerprint density at radius 2 is 2.31 bits per heavy atom. The molecule has 0 aromatic rings. The molecule has 0 aliphatic rings. The van der Waals surface area contributed by atoms with Crippen molar-refractivity contribution in [3.63, 3.8) is 0 Å². The van der Waals surface area contributed by atoms with E-state index >= 15 is 0 Å². The molecule has 1 atom stereocenters. The minimum absolute atomic E-state index is 0.0650. The Morgan fingerprint density at radius 1 is 1.62 bits per heavy atom. The second-order valence-electron chi connectivity index (χ2n) is 3.04. The Balaban J connectivity index is 3.34. The van der Waals surface area contributed by atoms with E-state index in [-0.39, 0.29) is 11.9 Å². The summed E-state index contributed by atoms with van der Waals surface area (Å²) < 4.78 is 0. The van der Waals surface area contributed by atoms with E-state index in [0.29, 0.717) is 13.0 Å². The van der Waals surface area contributed by atoms with Crippen LogP contribution >= 0.6 is 0 Å². The number of carbonyl (C=O) groups excluding carboxylic acids is 1. The number of nitrogens with one attached hydrogen (secondary N) is 1. The normalized spacial score (nSPS) is 11.3. The molecule has 0 bridgehead atoms. The average molecular weight is 182 g/mol. The lowest BCUT2D eigenvalue weighted by Gasteiger charge is -2.04. The fourth-order valence-corrected chi connectivity index (χ4v) is 0.837. The van der Waals surface area contributed by atoms with Gasteiger partial charge in [0.15, 0.2) is 0 Å². The van der Waals surface area contributed by atoms with Crippen molar-refractivity contribution in [2.24, 2.45) is 5.73 Å². The fraction of sp³-hybridized carbons (Fsp3) is 0.700. The van der Waals surface area contributed by atoms with E-state index in [1.165, 1.54) is 0 Å². The van der Waals surface area contributed by atoms with Crippen molar-refractivity contribution in [3.8, 4) is 11.8 Å². The Bertz CT molecular complexity index is 201. The van der Waals surface area contributed by atoms with Gasteiger partial charge in [-0.15, -0.1) is 11.8 Å². The van der Waals surface area contributed by atoms with Crippen molar-refractivity contribution in [3.05, 3.63) is 0 Å². The average Bonchev–Trinajstić information content (AvgIpc) is 2.09. The van der Waals surface area contributed by atoms with Gasteiger partial charge in [-0.05, 0) is 20.3 Å². The molecular formula is C10H18N2O. The Morgan fingerprint density at radius 3 is 2.85 bits per heavy atom. The van der Waals surface area contributed by atoms with Crippen LogP contribution in [-0.4, -0.2) is 18.5 Å². The molecule has 0 saturated heterocycles. The van der Waals surface area contributed by atoms with E-state index in [1.807, 2.05) is 6.92 Å². The van der Waals surface area contributed by atoms with Gasteiger partial charge in [0, 0.05) is 25.4 Å². The van der Waals surface area contributed by atoms with Gasteiger partial charge in [0.25, 0.3) is 0 Å². The lowest BCUT2D eigenvalue weighted by atomic mass is 10.2. The third-order valence-electron chi connectivity index (χ3n) is 1.58. The molecule has 0 rings (SSSR count). The molecule has 0 fully saturated rings. The highest BCUT2D eigenvalue weighted by molar-refractivity contribution is 5.75. The summed E-state index contributed by atoms with van der Waals surface area (Å²) in [6, 6.07) is 0.0983. The number of hydrogen-bond donors (Lipinski definition) is 2. The summed E-state index contributed by atoms with van der Waals surface area (Å²) in [7, 11) is 0. The molecule has 74 valence electrons. The number of nitrogens with two attached hydrogens (primary N) is 1. The van der Waals surface area contributed by atoms with E-state index < -0.39 is 0 Å². The first-order valence-corrected chi connectivity index (χ1v) is 4.58. The maximum atomic E-state index is 11.1. The zero-order chi connectivity index (χ0) is 10.1. The Kier molecular flexibility index (Phi) is 7.04. The van der Waals surface area contributed by atoms with Crippen LogP contribution in [0.5, 0.6) is 0 Å². The summed E-state index contributed by atoms with van der Waals surface area (Å²) >= 11 is 0. The van der Waals surface area contributed by atoms with Crippen molar-refractivity contribution in [2.45, 2.75) is 39.2 Å². The van der Waals surface area contributed by atoms with Gasteiger partial charge in [-0.25, -0.2) is 0 Å². The van der Waals surface area contributed by atoms with E-state index in [2.05, 4.69) is 17.2 Å². The summed E-state index contributed by atoms with van der Waals surface area (Å²) in [5.41, 5.74) is 5.51. The zero-order valence-electron chi connectivity index (χ0n) is 8.39. The Hall–Kier alpha value is -1.01. The van der Waals surface area contributed by atoms with Crippen LogP contribution in [0.4, 0.5) is 0 Å². The van der Waals surface area contributed by atoms with Gasteiger partial charge < -0.3 is 11.1 Å². The third kappa shape index (κ3) is 8.90. The molecule has 13 heavy (non-hydrogen) atoms. The Labute approximate surface area is 80.1 Å². The summed E-state index contributed by atoms with van der Waals surface area (Å²) in [5.74, 6) is 5.71. The van der Waals surface area contributed by atoms with Gasteiger partial charge in [-0.1, -0.05) is 0 Å². The van der Waals surface area contributed by atoms with Gasteiger partial charge >= 0.3 is 0 Å². The van der Waals surface area contributed by atoms with Crippen LogP contribution < -0.4 is 11.1 Å². The minimum atomic E-state index is 0.0650. The molecule has 0 saturated carbocycles. The molecule has 0 radical (unpaired) electrons. The SMILES string of the molecule is CC#CCCNC(=O)CCC(C)N. The van der Waals surface area contributed by atoms with Gasteiger partial charge in [-0.2, -0.15) is 0 Å². The highest BCUT2D eigenvalue weighted by Crippen LogP contribution is 1.92. The largest absolute Gasteiger partial charge is 0.355 e. The predicted molar refractivity (Wildman–Crippen MR) is 54.0 cm³/mol. The molecule has 1 unspecified atom stereocenters. The molecule has 0 aliphatic carbocycles. The molecule has 3 heteroatoms. The lowest BCUT2D eigenvalue weighted by molar-refractivity contribution is -0.121. The number of hydrogen-bond acceptors (Lipinski definition) is 2. The highest BCUT2D eigenvalue weighted by atomic mass is 16.1. The van der Waals surface area contributed by atoms with Gasteiger partial charge in [-0.3, -0.25) is 4.79 Å². The number of amides is 1. The van der Waals surface area contributed by atoms with E-state index in [0.717, 1.165) is 12.8 Å². The molecule has 0 heterocycles. The van der Waals surface area contributed by atoms with Crippen LogP contribution in [-0.2, 0) is 4.79 Å². The number of carbonyl (C=O) groups is 1. The summed E-state index contributed by atoms with van der Waals surface area (Å²) in [6.45, 7) is 4.33. The van der Waals surface area contributed by atoms with Gasteiger partial charge in [0.05, 0.1) is 0 Å². The summed E-state index contributed by atoms with van der Waals surface area (Å²) in [5, 5.41) is 2.78. The second-order valence-corrected chi connectivity index (χ2v) is 3.04. The first kappa shape index (κ1) is 12.0. The van der Waals surface area contributed by atoms with Gasteiger partial charge in [0.1, 0.15) is 0 Å². The third-order valence-corrected chi connectivity index (χ3v) is 1.58. The smallest absolute Gasteiger partial charge is 0.220 e. The highest BCUT2D eigenvalue weighted by Gasteiger charge is 2.01. The lowest BCUT2D eigenvalue weighted by Crippen LogP contribution is -2.26. The first-order valence-electron chi connectivity index (χ1n) is 4.58. The standard InChI is InChI=1S/C10H18N2O/c1-3-4-5-8-12-10(13)7-6-9(2)11/h9H,5-8,11H2,1-2H3,(H,12,13). The van der Waals surface area contributed by atoms with E-state index in [4.69, 9.17) is 5.73 Å². The predicted octanol–water partition coefficient (Wildman–Crippen LogP) is 0.643. The topological polar surface area (TPSA) is 55.1 Å². The van der Waals surface area contributed by atoms with Crippen molar-refractivity contribution in [2.75, 3.05) is 6.54 Å². The van der Waals surface area contributed by atoms with Gasteiger partial charge in [0.2, 0.25) is 5.91 Å². The molecule has 0 aromatic carbocycles. The van der Waals surface area contributed by atoms with E-state index in [9.17, 15) is 4.79 Å². The van der Waals surface area contributed by atoms with Crippen LogP contribution in [0.1, 0.15) is 33.1 Å². The summed E-state index contributed by atoms with van der Waals surface area (Å²) in [4.78, 5) is 11.1. The first-order chi connectivity index (χ1) is 6.16. The number of rotatable bonds is 5. The van der Waals surface area contributed by atoms with Crippen LogP contribution in [0.2, 0.25) is 0 Å². The molecule has 3 N–H and O–H groups in total. The maximum Gasteiger partial charge on any atom is 0.220 e. The van der Waals surface area contributed by atoms with Crippen LogP contribution in [0.25, 0.3) is 0 Å². The molecule has 3 nitrogen and oxygen atoms in total. The van der Waals surface area contributed by atoms with Crippen molar-refractivity contribution in [1.29, 1.82) is 0 Å². The second kappa shape index (κ2) is 7.63. The minimum Gasteiger partial charge on any atom is -0.355 e. The molecule has 1 amide bonds. The zero-order valence-corrected chi connectivity index (χ0v) is 8.39.